The van der Waals surface area contributed by atoms with Crippen molar-refractivity contribution in [2.75, 3.05) is 6.54 Å². The zero-order valence-electron chi connectivity index (χ0n) is 10.4. The number of hydrogen-bond donors (Lipinski definition) is 1. The lowest BCUT2D eigenvalue weighted by Gasteiger charge is -2.45. The van der Waals surface area contributed by atoms with Gasteiger partial charge in [-0.1, -0.05) is 41.5 Å². The molecule has 0 bridgehead atoms. The van der Waals surface area contributed by atoms with Crippen molar-refractivity contribution in [3.63, 3.8) is 0 Å². The van der Waals surface area contributed by atoms with Crippen LogP contribution < -0.4 is 4.98 Å². The van der Waals surface area contributed by atoms with Crippen molar-refractivity contribution in [2.24, 2.45) is 23.2 Å². The van der Waals surface area contributed by atoms with Crippen LogP contribution in [-0.2, 0) is 0 Å². The van der Waals surface area contributed by atoms with Crippen LogP contribution in [0.1, 0.15) is 41.5 Å². The first-order valence-electron chi connectivity index (χ1n) is 5.54. The van der Waals surface area contributed by atoms with Crippen LogP contribution in [0.4, 0.5) is 0 Å². The SMILES string of the molecule is CC(C)C(CN[SiH3])(C(C)C)C(C)C. The number of nitrogens with one attached hydrogen (secondary N) is 1. The molecule has 0 aromatic carbocycles. The minimum absolute atomic E-state index is 0.474. The van der Waals surface area contributed by atoms with Gasteiger partial charge in [0.1, 0.15) is 0 Å². The molecule has 80 valence electrons. The van der Waals surface area contributed by atoms with Crippen molar-refractivity contribution in [3.8, 4) is 0 Å². The van der Waals surface area contributed by atoms with Crippen LogP contribution in [0.25, 0.3) is 0 Å². The maximum absolute atomic E-state index is 3.49. The Hall–Kier alpha value is 0.177. The third kappa shape index (κ3) is 2.56. The molecule has 0 heterocycles. The lowest BCUT2D eigenvalue weighted by Crippen LogP contribution is -2.46. The van der Waals surface area contributed by atoms with E-state index in [1.807, 2.05) is 0 Å². The zero-order valence-corrected chi connectivity index (χ0v) is 12.4. The van der Waals surface area contributed by atoms with Crippen molar-refractivity contribution in [1.82, 2.24) is 4.98 Å². The highest BCUT2D eigenvalue weighted by atomic mass is 28.2. The fourth-order valence-corrected chi connectivity index (χ4v) is 3.53. The second-order valence-electron chi connectivity index (χ2n) is 5.11. The Morgan fingerprint density at radius 1 is 0.923 bits per heavy atom. The third-order valence-electron chi connectivity index (χ3n) is 3.71. The molecule has 0 aliphatic heterocycles. The minimum atomic E-state index is 0.474. The number of hydrogen-bond acceptors (Lipinski definition) is 1. The van der Waals surface area contributed by atoms with Crippen molar-refractivity contribution in [3.05, 3.63) is 0 Å². The molecule has 0 radical (unpaired) electrons. The van der Waals surface area contributed by atoms with Gasteiger partial charge in [-0.25, -0.2) is 0 Å². The largest absolute Gasteiger partial charge is 0.345 e. The van der Waals surface area contributed by atoms with Gasteiger partial charge in [-0.05, 0) is 29.7 Å². The Morgan fingerprint density at radius 3 is 1.31 bits per heavy atom. The van der Waals surface area contributed by atoms with E-state index in [0.717, 1.165) is 28.2 Å². The predicted molar refractivity (Wildman–Crippen MR) is 64.9 cm³/mol. The van der Waals surface area contributed by atoms with E-state index in [1.54, 1.807) is 0 Å². The zero-order chi connectivity index (χ0) is 10.6. The molecule has 0 saturated heterocycles. The molecule has 0 aliphatic carbocycles. The highest BCUT2D eigenvalue weighted by molar-refractivity contribution is 6.04. The van der Waals surface area contributed by atoms with Gasteiger partial charge in [0.2, 0.25) is 0 Å². The van der Waals surface area contributed by atoms with Gasteiger partial charge in [-0.2, -0.15) is 0 Å². The van der Waals surface area contributed by atoms with E-state index in [0.29, 0.717) is 5.41 Å². The molecule has 0 rings (SSSR count). The fraction of sp³-hybridized carbons (Fsp3) is 1.00. The fourth-order valence-electron chi connectivity index (χ4n) is 2.92. The second-order valence-corrected chi connectivity index (χ2v) is 5.81. The molecule has 0 fully saturated rings. The van der Waals surface area contributed by atoms with Crippen molar-refractivity contribution in [2.45, 2.75) is 41.5 Å². The molecule has 0 aromatic heterocycles. The molecule has 0 aromatic rings. The minimum Gasteiger partial charge on any atom is -0.345 e. The standard InChI is InChI=1S/C11H27NSi/c1-8(2)11(7-12-13,9(3)4)10(5)6/h8-10,12H,7H2,1-6,13H3. The first-order valence-corrected chi connectivity index (χ1v) is 6.54. The summed E-state index contributed by atoms with van der Waals surface area (Å²) in [7, 11) is 1.11. The van der Waals surface area contributed by atoms with Crippen LogP contribution in [0.2, 0.25) is 0 Å². The van der Waals surface area contributed by atoms with Crippen LogP contribution in [0.5, 0.6) is 0 Å². The average Bonchev–Trinajstić information content (AvgIpc) is 1.97. The lowest BCUT2D eigenvalue weighted by atomic mass is 9.62. The van der Waals surface area contributed by atoms with E-state index in [2.05, 4.69) is 46.5 Å². The topological polar surface area (TPSA) is 12.0 Å². The number of rotatable bonds is 5. The summed E-state index contributed by atoms with van der Waals surface area (Å²) in [4.78, 5) is 3.49. The van der Waals surface area contributed by atoms with Crippen LogP contribution in [0, 0.1) is 23.2 Å². The summed E-state index contributed by atoms with van der Waals surface area (Å²) in [5, 5.41) is 0. The molecule has 0 atom stereocenters. The Kier molecular flexibility index (Phi) is 5.23. The van der Waals surface area contributed by atoms with Crippen molar-refractivity contribution in [1.29, 1.82) is 0 Å². The van der Waals surface area contributed by atoms with Gasteiger partial charge in [0, 0.05) is 0 Å². The summed E-state index contributed by atoms with van der Waals surface area (Å²) >= 11 is 0. The molecule has 1 N–H and O–H groups in total. The van der Waals surface area contributed by atoms with Gasteiger partial charge in [0.25, 0.3) is 0 Å². The van der Waals surface area contributed by atoms with Gasteiger partial charge in [-0.15, -0.1) is 0 Å². The quantitative estimate of drug-likeness (QED) is 0.669. The molecule has 0 amide bonds. The molecule has 0 spiro atoms. The Bertz CT molecular complexity index is 119. The highest BCUT2D eigenvalue weighted by Crippen LogP contribution is 2.42. The molecule has 0 aliphatic rings. The molecule has 1 nitrogen and oxygen atoms in total. The summed E-state index contributed by atoms with van der Waals surface area (Å²) < 4.78 is 0. The van der Waals surface area contributed by atoms with Crippen LogP contribution in [0.15, 0.2) is 0 Å². The van der Waals surface area contributed by atoms with E-state index in [-0.39, 0.29) is 0 Å². The van der Waals surface area contributed by atoms with E-state index in [4.69, 9.17) is 0 Å². The summed E-state index contributed by atoms with van der Waals surface area (Å²) in [6, 6.07) is 0. The highest BCUT2D eigenvalue weighted by Gasteiger charge is 2.38. The van der Waals surface area contributed by atoms with Crippen molar-refractivity contribution >= 4 is 10.4 Å². The Morgan fingerprint density at radius 2 is 1.23 bits per heavy atom. The summed E-state index contributed by atoms with van der Waals surface area (Å²) in [6.07, 6.45) is 0. The first kappa shape index (κ1) is 13.2. The smallest absolute Gasteiger partial charge is 0.0749 e. The van der Waals surface area contributed by atoms with Gasteiger partial charge in [-0.3, -0.25) is 0 Å². The predicted octanol–water partition coefficient (Wildman–Crippen LogP) is 1.81. The van der Waals surface area contributed by atoms with Gasteiger partial charge < -0.3 is 4.98 Å². The Labute approximate surface area is 87.2 Å². The lowest BCUT2D eigenvalue weighted by molar-refractivity contribution is 0.0558. The van der Waals surface area contributed by atoms with Gasteiger partial charge >= 0.3 is 0 Å². The van der Waals surface area contributed by atoms with E-state index < -0.39 is 0 Å². The molecule has 0 unspecified atom stereocenters. The van der Waals surface area contributed by atoms with Crippen LogP contribution >= 0.6 is 0 Å². The van der Waals surface area contributed by atoms with Gasteiger partial charge in [0.05, 0.1) is 10.4 Å². The van der Waals surface area contributed by atoms with E-state index in [9.17, 15) is 0 Å². The van der Waals surface area contributed by atoms with E-state index >= 15 is 0 Å². The molecular weight excluding hydrogens is 174 g/mol. The monoisotopic (exact) mass is 201 g/mol. The molecule has 2 heteroatoms. The van der Waals surface area contributed by atoms with Crippen LogP contribution in [-0.4, -0.2) is 16.9 Å². The molecule has 0 saturated carbocycles. The summed E-state index contributed by atoms with van der Waals surface area (Å²) in [5.74, 6) is 2.27. The summed E-state index contributed by atoms with van der Waals surface area (Å²) in [6.45, 7) is 15.3. The summed E-state index contributed by atoms with van der Waals surface area (Å²) in [5.41, 5.74) is 0.474. The Balaban J connectivity index is 4.82. The third-order valence-corrected chi connectivity index (χ3v) is 4.06. The first-order chi connectivity index (χ1) is 5.89. The second kappa shape index (κ2) is 5.16. The maximum Gasteiger partial charge on any atom is 0.0749 e. The molecule has 13 heavy (non-hydrogen) atoms. The normalized spacial score (nSPS) is 13.6. The van der Waals surface area contributed by atoms with Crippen molar-refractivity contribution < 1.29 is 0 Å². The maximum atomic E-state index is 3.49. The van der Waals surface area contributed by atoms with Crippen LogP contribution in [0.3, 0.4) is 0 Å². The van der Waals surface area contributed by atoms with E-state index in [1.165, 1.54) is 6.54 Å². The molecular formula is C11H27NSi. The van der Waals surface area contributed by atoms with Gasteiger partial charge in [0.15, 0.2) is 0 Å². The average molecular weight is 201 g/mol.